The fourth-order valence-corrected chi connectivity index (χ4v) is 3.23. The van der Waals surface area contributed by atoms with Gasteiger partial charge in [0.15, 0.2) is 0 Å². The predicted molar refractivity (Wildman–Crippen MR) is 75.3 cm³/mol. The molecule has 0 aromatic carbocycles. The van der Waals surface area contributed by atoms with Crippen LogP contribution in [0.1, 0.15) is 26.7 Å². The Morgan fingerprint density at radius 3 is 2.40 bits per heavy atom. The molecule has 8 nitrogen and oxygen atoms in total. The zero-order valence-corrected chi connectivity index (χ0v) is 13.0. The minimum absolute atomic E-state index is 0.182. The smallest absolute Gasteiger partial charge is 0.422 e. The van der Waals surface area contributed by atoms with Crippen LogP contribution in [-0.2, 0) is 14.9 Å². The first-order valence-corrected chi connectivity index (χ1v) is 8.07. The molecule has 0 atom stereocenters. The van der Waals surface area contributed by atoms with Crippen molar-refractivity contribution in [2.75, 3.05) is 26.7 Å². The normalized spacial score (nSPS) is 19.9. The van der Waals surface area contributed by atoms with Crippen LogP contribution >= 0.6 is 0 Å². The molecule has 20 heavy (non-hydrogen) atoms. The summed E-state index contributed by atoms with van der Waals surface area (Å²) in [4.78, 5) is 13.5. The highest BCUT2D eigenvalue weighted by Gasteiger charge is 2.36. The summed E-state index contributed by atoms with van der Waals surface area (Å²) < 4.78 is 33.0. The Morgan fingerprint density at radius 2 is 1.95 bits per heavy atom. The fourth-order valence-electron chi connectivity index (χ4n) is 2.05. The van der Waals surface area contributed by atoms with E-state index in [0.717, 1.165) is 13.1 Å². The molecule has 0 spiro atoms. The number of rotatable bonds is 5. The lowest BCUT2D eigenvalue weighted by Crippen LogP contribution is -2.61. The van der Waals surface area contributed by atoms with Crippen molar-refractivity contribution < 1.29 is 17.9 Å². The fraction of sp³-hybridized carbons (Fsp3) is 0.909. The molecule has 0 saturated carbocycles. The number of carbonyl (C=O) groups excluding carboxylic acids is 1. The van der Waals surface area contributed by atoms with E-state index >= 15 is 0 Å². The molecular formula is C11H24N4O4S. The van der Waals surface area contributed by atoms with Gasteiger partial charge in [0.25, 0.3) is 0 Å². The Kier molecular flexibility index (Phi) is 5.75. The molecular weight excluding hydrogens is 284 g/mol. The number of nitrogens with one attached hydrogen (secondary N) is 2. The number of hydrogen-bond donors (Lipinski definition) is 3. The van der Waals surface area contributed by atoms with Crippen LogP contribution in [0.3, 0.4) is 0 Å². The second kappa shape index (κ2) is 6.70. The maximum Gasteiger partial charge on any atom is 0.422 e. The number of carbonyl (C=O) groups is 1. The lowest BCUT2D eigenvalue weighted by molar-refractivity contribution is 0.121. The van der Waals surface area contributed by atoms with Gasteiger partial charge in [-0.1, -0.05) is 0 Å². The molecule has 0 aromatic heterocycles. The Hall–Kier alpha value is -0.900. The molecule has 0 aliphatic carbocycles. The number of hydrogen-bond acceptors (Lipinski definition) is 6. The number of piperidine rings is 1. The van der Waals surface area contributed by atoms with Gasteiger partial charge in [-0.3, -0.25) is 0 Å². The summed E-state index contributed by atoms with van der Waals surface area (Å²) in [5, 5.41) is 0. The van der Waals surface area contributed by atoms with Crippen molar-refractivity contribution in [2.45, 2.75) is 38.3 Å². The summed E-state index contributed by atoms with van der Waals surface area (Å²) in [6.07, 6.45) is -0.190. The highest BCUT2D eigenvalue weighted by atomic mass is 32.2. The topological polar surface area (TPSA) is 114 Å². The van der Waals surface area contributed by atoms with Crippen molar-refractivity contribution in [3.8, 4) is 0 Å². The third-order valence-corrected chi connectivity index (χ3v) is 4.38. The van der Waals surface area contributed by atoms with Gasteiger partial charge in [0, 0.05) is 12.1 Å². The van der Waals surface area contributed by atoms with Crippen molar-refractivity contribution in [1.82, 2.24) is 14.3 Å². The monoisotopic (exact) mass is 308 g/mol. The average molecular weight is 308 g/mol. The molecule has 0 aromatic rings. The summed E-state index contributed by atoms with van der Waals surface area (Å²) in [7, 11) is -2.02. The number of ether oxygens (including phenoxy) is 1. The summed E-state index contributed by atoms with van der Waals surface area (Å²) in [6.45, 7) is 4.95. The standard InChI is InChI=1S/C11H24N4O4S/c1-9(2)19-10(16)13-20(17,18)14-11(8-12)4-6-15(3)7-5-11/h9,14H,4-8,12H2,1-3H3,(H,13,16). The number of nitrogens with zero attached hydrogens (tertiary/aromatic N) is 1. The molecule has 1 saturated heterocycles. The average Bonchev–Trinajstić information content (AvgIpc) is 2.30. The van der Waals surface area contributed by atoms with E-state index in [1.165, 1.54) is 0 Å². The minimum atomic E-state index is -3.99. The Balaban J connectivity index is 2.66. The van der Waals surface area contributed by atoms with Crippen molar-refractivity contribution >= 4 is 16.3 Å². The minimum Gasteiger partial charge on any atom is -0.446 e. The SMILES string of the molecule is CC(C)OC(=O)NS(=O)(=O)NC1(CN)CCN(C)CC1. The highest BCUT2D eigenvalue weighted by molar-refractivity contribution is 7.88. The van der Waals surface area contributed by atoms with Gasteiger partial charge in [0.2, 0.25) is 0 Å². The molecule has 0 unspecified atom stereocenters. The first-order valence-electron chi connectivity index (χ1n) is 6.59. The summed E-state index contributed by atoms with van der Waals surface area (Å²) in [6, 6.07) is 0. The first kappa shape index (κ1) is 17.2. The van der Waals surface area contributed by atoms with E-state index in [2.05, 4.69) is 9.62 Å². The zero-order chi connectivity index (χ0) is 15.4. The van der Waals surface area contributed by atoms with Crippen molar-refractivity contribution in [3.63, 3.8) is 0 Å². The van der Waals surface area contributed by atoms with E-state index < -0.39 is 27.9 Å². The van der Waals surface area contributed by atoms with Crippen LogP contribution < -0.4 is 15.2 Å². The van der Waals surface area contributed by atoms with Crippen LogP contribution in [0.25, 0.3) is 0 Å². The van der Waals surface area contributed by atoms with E-state index in [-0.39, 0.29) is 6.54 Å². The van der Waals surface area contributed by atoms with E-state index in [0.29, 0.717) is 12.8 Å². The van der Waals surface area contributed by atoms with Crippen molar-refractivity contribution in [2.24, 2.45) is 5.73 Å². The molecule has 118 valence electrons. The molecule has 4 N–H and O–H groups in total. The van der Waals surface area contributed by atoms with Crippen molar-refractivity contribution in [1.29, 1.82) is 0 Å². The highest BCUT2D eigenvalue weighted by Crippen LogP contribution is 2.21. The molecule has 1 heterocycles. The van der Waals surface area contributed by atoms with Crippen LogP contribution in [0.4, 0.5) is 4.79 Å². The zero-order valence-electron chi connectivity index (χ0n) is 12.2. The van der Waals surface area contributed by atoms with E-state index in [4.69, 9.17) is 10.5 Å². The lowest BCUT2D eigenvalue weighted by Gasteiger charge is -2.39. The molecule has 1 fully saturated rings. The number of amides is 1. The van der Waals surface area contributed by atoms with E-state index in [1.807, 2.05) is 11.8 Å². The molecule has 1 rings (SSSR count). The van der Waals surface area contributed by atoms with Gasteiger partial charge in [-0.15, -0.1) is 0 Å². The first-order chi connectivity index (χ1) is 9.18. The quantitative estimate of drug-likeness (QED) is 0.623. The summed E-state index contributed by atoms with van der Waals surface area (Å²) in [5.74, 6) is 0. The Labute approximate surface area is 120 Å². The largest absolute Gasteiger partial charge is 0.446 e. The van der Waals surface area contributed by atoms with Crippen molar-refractivity contribution in [3.05, 3.63) is 0 Å². The third-order valence-electron chi connectivity index (χ3n) is 3.25. The van der Waals surface area contributed by atoms with Crippen LogP contribution in [0, 0.1) is 0 Å². The summed E-state index contributed by atoms with van der Waals surface area (Å²) >= 11 is 0. The van der Waals surface area contributed by atoms with E-state index in [9.17, 15) is 13.2 Å². The predicted octanol–water partition coefficient (Wildman–Crippen LogP) is -0.621. The lowest BCUT2D eigenvalue weighted by atomic mass is 9.89. The van der Waals surface area contributed by atoms with Gasteiger partial charge in [0.05, 0.1) is 6.10 Å². The summed E-state index contributed by atoms with van der Waals surface area (Å²) in [5.41, 5.74) is 5.00. The maximum atomic E-state index is 11.9. The Bertz CT molecular complexity index is 430. The van der Waals surface area contributed by atoms with Crippen LogP contribution in [0.2, 0.25) is 0 Å². The molecule has 9 heteroatoms. The number of nitrogens with two attached hydrogens (primary N) is 1. The second-order valence-electron chi connectivity index (χ2n) is 5.45. The molecule has 1 aliphatic rings. The second-order valence-corrected chi connectivity index (χ2v) is 6.86. The maximum absolute atomic E-state index is 11.9. The molecule has 1 amide bonds. The molecule has 0 bridgehead atoms. The van der Waals surface area contributed by atoms with Crippen LogP contribution in [0.5, 0.6) is 0 Å². The van der Waals surface area contributed by atoms with Gasteiger partial charge < -0.3 is 15.4 Å². The molecule has 0 radical (unpaired) electrons. The Morgan fingerprint density at radius 1 is 1.40 bits per heavy atom. The number of likely N-dealkylation sites (tertiary alicyclic amines) is 1. The van der Waals surface area contributed by atoms with Crippen LogP contribution in [-0.4, -0.2) is 57.7 Å². The van der Waals surface area contributed by atoms with Crippen LogP contribution in [0.15, 0.2) is 0 Å². The third kappa shape index (κ3) is 5.23. The van der Waals surface area contributed by atoms with E-state index in [1.54, 1.807) is 13.8 Å². The van der Waals surface area contributed by atoms with Gasteiger partial charge in [-0.2, -0.15) is 13.1 Å². The molecule has 1 aliphatic heterocycles. The van der Waals surface area contributed by atoms with Gasteiger partial charge >= 0.3 is 16.3 Å². The van der Waals surface area contributed by atoms with Gasteiger partial charge in [-0.25, -0.2) is 9.52 Å². The van der Waals surface area contributed by atoms with Gasteiger partial charge in [0.1, 0.15) is 0 Å². The van der Waals surface area contributed by atoms with Gasteiger partial charge in [-0.05, 0) is 46.8 Å².